The molecule has 1 heterocycles. The van der Waals surface area contributed by atoms with Gasteiger partial charge in [0.05, 0.1) is 12.1 Å². The SMILES string of the molecule is CCC(CC)(NC(=O)Cc1ncccc1C)C(=O)O. The predicted molar refractivity (Wildman–Crippen MR) is 71.8 cm³/mol. The molecule has 104 valence electrons. The Morgan fingerprint density at radius 3 is 2.47 bits per heavy atom. The Kier molecular flexibility index (Phi) is 5.03. The third-order valence-corrected chi connectivity index (χ3v) is 3.44. The monoisotopic (exact) mass is 264 g/mol. The number of aliphatic carboxylic acids is 1. The molecule has 0 unspecified atom stereocenters. The van der Waals surface area contributed by atoms with Gasteiger partial charge in [-0.05, 0) is 31.4 Å². The van der Waals surface area contributed by atoms with Gasteiger partial charge in [-0.25, -0.2) is 4.79 Å². The first kappa shape index (κ1) is 15.1. The first-order chi connectivity index (χ1) is 8.95. The van der Waals surface area contributed by atoms with Crippen molar-refractivity contribution in [3.63, 3.8) is 0 Å². The number of carbonyl (C=O) groups is 2. The Hall–Kier alpha value is -1.91. The summed E-state index contributed by atoms with van der Waals surface area (Å²) < 4.78 is 0. The lowest BCUT2D eigenvalue weighted by molar-refractivity contribution is -0.148. The van der Waals surface area contributed by atoms with Crippen molar-refractivity contribution >= 4 is 11.9 Å². The first-order valence-electron chi connectivity index (χ1n) is 6.40. The van der Waals surface area contributed by atoms with Gasteiger partial charge >= 0.3 is 5.97 Å². The van der Waals surface area contributed by atoms with Gasteiger partial charge in [0, 0.05) is 6.20 Å². The number of rotatable bonds is 6. The van der Waals surface area contributed by atoms with Crippen molar-refractivity contribution in [2.75, 3.05) is 0 Å². The predicted octanol–water partition coefficient (Wildman–Crippen LogP) is 1.69. The molecule has 0 fully saturated rings. The molecule has 0 bridgehead atoms. The van der Waals surface area contributed by atoms with E-state index in [2.05, 4.69) is 10.3 Å². The van der Waals surface area contributed by atoms with Crippen molar-refractivity contribution in [2.24, 2.45) is 0 Å². The van der Waals surface area contributed by atoms with Crippen LogP contribution in [0.3, 0.4) is 0 Å². The van der Waals surface area contributed by atoms with Crippen LogP contribution >= 0.6 is 0 Å². The summed E-state index contributed by atoms with van der Waals surface area (Å²) in [6, 6.07) is 3.68. The average molecular weight is 264 g/mol. The molecule has 0 spiro atoms. The van der Waals surface area contributed by atoms with Crippen LogP contribution in [0.2, 0.25) is 0 Å². The third-order valence-electron chi connectivity index (χ3n) is 3.44. The Bertz CT molecular complexity index is 468. The fraction of sp³-hybridized carbons (Fsp3) is 0.500. The van der Waals surface area contributed by atoms with Gasteiger partial charge in [-0.3, -0.25) is 9.78 Å². The molecule has 0 aliphatic rings. The molecule has 0 aromatic carbocycles. The van der Waals surface area contributed by atoms with Crippen LogP contribution in [0.15, 0.2) is 18.3 Å². The number of pyridine rings is 1. The number of carboxylic acids is 1. The zero-order valence-electron chi connectivity index (χ0n) is 11.6. The van der Waals surface area contributed by atoms with E-state index in [9.17, 15) is 14.7 Å². The maximum absolute atomic E-state index is 12.0. The molecule has 0 saturated carbocycles. The lowest BCUT2D eigenvalue weighted by Gasteiger charge is -2.28. The van der Waals surface area contributed by atoms with Gasteiger partial charge in [0.2, 0.25) is 5.91 Å². The fourth-order valence-electron chi connectivity index (χ4n) is 1.95. The molecular formula is C14H20N2O3. The van der Waals surface area contributed by atoms with Crippen LogP contribution in [0.4, 0.5) is 0 Å². The lowest BCUT2D eigenvalue weighted by atomic mass is 9.92. The Balaban J connectivity index is 2.80. The second-order valence-corrected chi connectivity index (χ2v) is 4.59. The van der Waals surface area contributed by atoms with Gasteiger partial charge in [0.25, 0.3) is 0 Å². The molecule has 5 heteroatoms. The van der Waals surface area contributed by atoms with Crippen LogP contribution in [-0.2, 0) is 16.0 Å². The maximum atomic E-state index is 12.0. The number of aromatic nitrogens is 1. The van der Waals surface area contributed by atoms with E-state index in [1.165, 1.54) is 0 Å². The van der Waals surface area contributed by atoms with Crippen molar-refractivity contribution in [3.8, 4) is 0 Å². The van der Waals surface area contributed by atoms with Crippen LogP contribution in [0.25, 0.3) is 0 Å². The minimum Gasteiger partial charge on any atom is -0.480 e. The van der Waals surface area contributed by atoms with Crippen molar-refractivity contribution in [1.82, 2.24) is 10.3 Å². The van der Waals surface area contributed by atoms with Crippen LogP contribution in [0.1, 0.15) is 37.9 Å². The second kappa shape index (κ2) is 6.31. The van der Waals surface area contributed by atoms with Gasteiger partial charge < -0.3 is 10.4 Å². The Morgan fingerprint density at radius 1 is 1.37 bits per heavy atom. The highest BCUT2D eigenvalue weighted by Gasteiger charge is 2.36. The smallest absolute Gasteiger partial charge is 0.329 e. The topological polar surface area (TPSA) is 79.3 Å². The minimum absolute atomic E-state index is 0.0989. The number of carbonyl (C=O) groups excluding carboxylic acids is 1. The van der Waals surface area contributed by atoms with E-state index < -0.39 is 11.5 Å². The Labute approximate surface area is 113 Å². The van der Waals surface area contributed by atoms with Gasteiger partial charge in [0.15, 0.2) is 0 Å². The summed E-state index contributed by atoms with van der Waals surface area (Å²) in [6.07, 6.45) is 2.43. The summed E-state index contributed by atoms with van der Waals surface area (Å²) in [6.45, 7) is 5.38. The molecule has 0 aliphatic carbocycles. The van der Waals surface area contributed by atoms with E-state index in [-0.39, 0.29) is 12.3 Å². The molecule has 0 atom stereocenters. The number of carboxylic acid groups (broad SMARTS) is 1. The normalized spacial score (nSPS) is 11.1. The highest BCUT2D eigenvalue weighted by Crippen LogP contribution is 2.16. The fourth-order valence-corrected chi connectivity index (χ4v) is 1.95. The number of aryl methyl sites for hydroxylation is 1. The minimum atomic E-state index is -1.18. The number of nitrogens with one attached hydrogen (secondary N) is 1. The highest BCUT2D eigenvalue weighted by atomic mass is 16.4. The number of amides is 1. The van der Waals surface area contributed by atoms with E-state index in [0.29, 0.717) is 18.5 Å². The number of hydrogen-bond donors (Lipinski definition) is 2. The van der Waals surface area contributed by atoms with E-state index in [1.807, 2.05) is 13.0 Å². The summed E-state index contributed by atoms with van der Waals surface area (Å²) in [5.74, 6) is -1.31. The van der Waals surface area contributed by atoms with Crippen molar-refractivity contribution in [2.45, 2.75) is 45.6 Å². The molecule has 19 heavy (non-hydrogen) atoms. The number of hydrogen-bond acceptors (Lipinski definition) is 3. The van der Waals surface area contributed by atoms with Crippen LogP contribution in [0, 0.1) is 6.92 Å². The summed E-state index contributed by atoms with van der Waals surface area (Å²) in [4.78, 5) is 27.4. The lowest BCUT2D eigenvalue weighted by Crippen LogP contribution is -2.54. The van der Waals surface area contributed by atoms with E-state index >= 15 is 0 Å². The largest absolute Gasteiger partial charge is 0.480 e. The molecule has 0 radical (unpaired) electrons. The first-order valence-corrected chi connectivity index (χ1v) is 6.40. The highest BCUT2D eigenvalue weighted by molar-refractivity contribution is 5.87. The second-order valence-electron chi connectivity index (χ2n) is 4.59. The van der Waals surface area contributed by atoms with E-state index in [1.54, 1.807) is 26.1 Å². The average Bonchev–Trinajstić information content (AvgIpc) is 2.38. The zero-order valence-corrected chi connectivity index (χ0v) is 11.6. The van der Waals surface area contributed by atoms with Gasteiger partial charge in [-0.15, -0.1) is 0 Å². The molecule has 0 saturated heterocycles. The number of nitrogens with zero attached hydrogens (tertiary/aromatic N) is 1. The molecule has 5 nitrogen and oxygen atoms in total. The summed E-state index contributed by atoms with van der Waals surface area (Å²) in [5.41, 5.74) is 0.415. The summed E-state index contributed by atoms with van der Waals surface area (Å²) in [5, 5.41) is 11.9. The zero-order chi connectivity index (χ0) is 14.5. The van der Waals surface area contributed by atoms with Gasteiger partial charge in [0.1, 0.15) is 5.54 Å². The van der Waals surface area contributed by atoms with Crippen molar-refractivity contribution in [1.29, 1.82) is 0 Å². The summed E-state index contributed by atoms with van der Waals surface area (Å²) >= 11 is 0. The van der Waals surface area contributed by atoms with Gasteiger partial charge in [-0.1, -0.05) is 19.9 Å². The summed E-state index contributed by atoms with van der Waals surface area (Å²) in [7, 11) is 0. The molecule has 1 amide bonds. The van der Waals surface area contributed by atoms with E-state index in [0.717, 1.165) is 5.56 Å². The van der Waals surface area contributed by atoms with Crippen molar-refractivity contribution < 1.29 is 14.7 Å². The van der Waals surface area contributed by atoms with Crippen molar-refractivity contribution in [3.05, 3.63) is 29.6 Å². The molecule has 1 aromatic heterocycles. The maximum Gasteiger partial charge on any atom is 0.329 e. The van der Waals surface area contributed by atoms with Crippen LogP contribution in [0.5, 0.6) is 0 Å². The van der Waals surface area contributed by atoms with Gasteiger partial charge in [-0.2, -0.15) is 0 Å². The molecule has 1 aromatic rings. The molecular weight excluding hydrogens is 244 g/mol. The molecule has 1 rings (SSSR count). The Morgan fingerprint density at radius 2 is 2.00 bits per heavy atom. The molecule has 2 N–H and O–H groups in total. The third kappa shape index (κ3) is 3.53. The van der Waals surface area contributed by atoms with Crippen LogP contribution < -0.4 is 5.32 Å². The standard InChI is InChI=1S/C14H20N2O3/c1-4-14(5-2,13(18)19)16-12(17)9-11-10(3)7-6-8-15-11/h6-8H,4-5,9H2,1-3H3,(H,16,17)(H,18,19). The van der Waals surface area contributed by atoms with Crippen LogP contribution in [-0.4, -0.2) is 27.5 Å². The van der Waals surface area contributed by atoms with E-state index in [4.69, 9.17) is 0 Å². The quantitative estimate of drug-likeness (QED) is 0.819. The molecule has 0 aliphatic heterocycles.